The molecule has 4 aromatic rings. The minimum atomic E-state index is -4.45. The Kier molecular flexibility index (Phi) is 15.6. The summed E-state index contributed by atoms with van der Waals surface area (Å²) in [6, 6.07) is 18.0. The van der Waals surface area contributed by atoms with Crippen LogP contribution >= 0.6 is 0 Å². The van der Waals surface area contributed by atoms with Crippen molar-refractivity contribution >= 4 is 0 Å². The lowest BCUT2D eigenvalue weighted by molar-refractivity contribution is -0.138. The van der Waals surface area contributed by atoms with Gasteiger partial charge in [-0.15, -0.1) is 0 Å². The zero-order valence-corrected chi connectivity index (χ0v) is 30.5. The van der Waals surface area contributed by atoms with Crippen molar-refractivity contribution in [3.05, 3.63) is 107 Å². The molecule has 4 aromatic carbocycles. The van der Waals surface area contributed by atoms with Crippen molar-refractivity contribution in [3.8, 4) is 34.5 Å². The molecular formula is C40H44F6N2O8. The van der Waals surface area contributed by atoms with Crippen LogP contribution in [0, 0.1) is 0 Å². The quantitative estimate of drug-likeness (QED) is 0.170. The van der Waals surface area contributed by atoms with E-state index in [2.05, 4.69) is 0 Å². The number of hydrogen-bond acceptors (Lipinski definition) is 10. The van der Waals surface area contributed by atoms with E-state index >= 15 is 0 Å². The van der Waals surface area contributed by atoms with Gasteiger partial charge in [-0.1, -0.05) is 0 Å². The average molecular weight is 795 g/mol. The summed E-state index contributed by atoms with van der Waals surface area (Å²) >= 11 is 0. The van der Waals surface area contributed by atoms with E-state index in [1.165, 1.54) is 48.5 Å². The molecule has 0 saturated carbocycles. The normalized spacial score (nSPS) is 16.8. The van der Waals surface area contributed by atoms with Gasteiger partial charge in [0.05, 0.1) is 64.0 Å². The van der Waals surface area contributed by atoms with Crippen LogP contribution in [-0.2, 0) is 44.4 Å². The van der Waals surface area contributed by atoms with E-state index in [4.69, 9.17) is 28.4 Å². The number of rotatable bonds is 8. The molecule has 56 heavy (non-hydrogen) atoms. The van der Waals surface area contributed by atoms with Crippen LogP contribution in [0.3, 0.4) is 0 Å². The Morgan fingerprint density at radius 3 is 1.05 bits per heavy atom. The van der Waals surface area contributed by atoms with Crippen molar-refractivity contribution in [2.24, 2.45) is 0 Å². The summed E-state index contributed by atoms with van der Waals surface area (Å²) in [5.74, 6) is 1.24. The van der Waals surface area contributed by atoms with Gasteiger partial charge < -0.3 is 38.6 Å². The summed E-state index contributed by atoms with van der Waals surface area (Å²) in [6.07, 6.45) is -8.91. The number of alkyl halides is 6. The monoisotopic (exact) mass is 794 g/mol. The molecule has 10 nitrogen and oxygen atoms in total. The van der Waals surface area contributed by atoms with Gasteiger partial charge in [0.2, 0.25) is 0 Å². The fourth-order valence-corrected chi connectivity index (χ4v) is 5.64. The number of hydrogen-bond donors (Lipinski definition) is 2. The van der Waals surface area contributed by atoms with Gasteiger partial charge in [0.1, 0.15) is 34.5 Å². The summed E-state index contributed by atoms with van der Waals surface area (Å²) in [6.45, 7) is 5.45. The second kappa shape index (κ2) is 20.5. The fraction of sp³-hybridized carbons (Fsp3) is 0.400. The Hall–Kier alpha value is -4.58. The highest BCUT2D eigenvalue weighted by atomic mass is 19.4. The molecule has 0 unspecified atom stereocenters. The van der Waals surface area contributed by atoms with Gasteiger partial charge in [-0.3, -0.25) is 9.80 Å². The van der Waals surface area contributed by atoms with Crippen LogP contribution in [-0.4, -0.2) is 99.0 Å². The zero-order chi connectivity index (χ0) is 40.0. The number of phenolic OH excluding ortho intramolecular Hbond substituents is 2. The van der Waals surface area contributed by atoms with E-state index in [0.29, 0.717) is 115 Å². The van der Waals surface area contributed by atoms with Gasteiger partial charge in [0, 0.05) is 50.4 Å². The summed E-state index contributed by atoms with van der Waals surface area (Å²) in [4.78, 5) is 4.08. The number of halogens is 6. The first kappa shape index (κ1) is 42.6. The number of phenols is 2. The van der Waals surface area contributed by atoms with Crippen molar-refractivity contribution in [1.29, 1.82) is 0 Å². The molecule has 0 amide bonds. The maximum absolute atomic E-state index is 12.9. The Morgan fingerprint density at radius 2 is 0.750 bits per heavy atom. The average Bonchev–Trinajstić information content (AvgIpc) is 3.15. The van der Waals surface area contributed by atoms with Crippen LogP contribution in [0.1, 0.15) is 22.3 Å². The molecule has 1 aliphatic rings. The van der Waals surface area contributed by atoms with E-state index in [1.807, 2.05) is 9.80 Å². The van der Waals surface area contributed by atoms with Crippen LogP contribution in [0.5, 0.6) is 34.5 Å². The Labute approximate surface area is 320 Å². The second-order valence-corrected chi connectivity index (χ2v) is 12.8. The molecule has 304 valence electrons. The molecule has 16 heteroatoms. The van der Waals surface area contributed by atoms with Gasteiger partial charge in [-0.05, 0) is 84.9 Å². The van der Waals surface area contributed by atoms with E-state index in [9.17, 15) is 36.6 Å². The molecule has 1 aliphatic heterocycles. The fourth-order valence-electron chi connectivity index (χ4n) is 5.64. The first-order valence-electron chi connectivity index (χ1n) is 17.9. The summed E-state index contributed by atoms with van der Waals surface area (Å²) in [5, 5.41) is 21.2. The third-order valence-corrected chi connectivity index (χ3v) is 8.68. The first-order valence-corrected chi connectivity index (χ1v) is 17.9. The Bertz CT molecular complexity index is 1640. The van der Waals surface area contributed by atoms with E-state index in [0.717, 1.165) is 24.3 Å². The smallest absolute Gasteiger partial charge is 0.416 e. The number of nitrogens with zero attached hydrogens (tertiary/aromatic N) is 2. The van der Waals surface area contributed by atoms with Crippen LogP contribution in [0.2, 0.25) is 0 Å². The maximum atomic E-state index is 12.9. The topological polar surface area (TPSA) is 102 Å². The maximum Gasteiger partial charge on any atom is 0.416 e. The minimum absolute atomic E-state index is 0.0383. The lowest BCUT2D eigenvalue weighted by Crippen LogP contribution is -2.32. The molecule has 0 aliphatic carbocycles. The Balaban J connectivity index is 1.11. The Morgan fingerprint density at radius 1 is 0.446 bits per heavy atom. The molecule has 0 spiro atoms. The predicted octanol–water partition coefficient (Wildman–Crippen LogP) is 8.10. The molecule has 0 aromatic heterocycles. The third-order valence-electron chi connectivity index (χ3n) is 8.68. The third kappa shape index (κ3) is 13.9. The van der Waals surface area contributed by atoms with Crippen molar-refractivity contribution < 1.29 is 65.0 Å². The van der Waals surface area contributed by atoms with Gasteiger partial charge >= 0.3 is 12.4 Å². The summed E-state index contributed by atoms with van der Waals surface area (Å²) < 4.78 is 113. The molecule has 2 N–H and O–H groups in total. The second-order valence-electron chi connectivity index (χ2n) is 12.8. The molecule has 1 heterocycles. The van der Waals surface area contributed by atoms with Crippen molar-refractivity contribution in [1.82, 2.24) is 9.80 Å². The van der Waals surface area contributed by atoms with Crippen LogP contribution in [0.4, 0.5) is 26.3 Å². The molecule has 1 fully saturated rings. The van der Waals surface area contributed by atoms with Crippen LogP contribution in [0.15, 0.2) is 84.9 Å². The number of benzene rings is 4. The van der Waals surface area contributed by atoms with E-state index < -0.39 is 23.5 Å². The highest BCUT2D eigenvalue weighted by molar-refractivity contribution is 5.43. The predicted molar refractivity (Wildman–Crippen MR) is 193 cm³/mol. The lowest BCUT2D eigenvalue weighted by Gasteiger charge is -2.24. The van der Waals surface area contributed by atoms with Crippen LogP contribution in [0.25, 0.3) is 0 Å². The van der Waals surface area contributed by atoms with Crippen LogP contribution < -0.4 is 9.47 Å². The van der Waals surface area contributed by atoms with Crippen molar-refractivity contribution in [2.45, 2.75) is 25.4 Å². The minimum Gasteiger partial charge on any atom is -0.508 e. The largest absolute Gasteiger partial charge is 0.508 e. The molecule has 0 radical (unpaired) electrons. The van der Waals surface area contributed by atoms with Gasteiger partial charge in [-0.25, -0.2) is 0 Å². The molecule has 0 atom stereocenters. The molecule has 5 rings (SSSR count). The number of ether oxygens (including phenoxy) is 6. The van der Waals surface area contributed by atoms with Gasteiger partial charge in [0.15, 0.2) is 0 Å². The van der Waals surface area contributed by atoms with Gasteiger partial charge in [0.25, 0.3) is 0 Å². The first-order chi connectivity index (χ1) is 26.8. The summed E-state index contributed by atoms with van der Waals surface area (Å²) in [5.41, 5.74) is -0.449. The number of aromatic hydroxyl groups is 2. The molecular weight excluding hydrogens is 750 g/mol. The SMILES string of the molecule is Oc1ccc(Oc2ccc(C(F)(F)F)cc2)cc1CN1CCOCCOCCN(Cc2cc(Oc3ccc(C(F)(F)F)cc3)ccc2O)CCOCCOCC1. The standard InChI is InChI=1S/C40H44F6N2O8/c41-39(42,43)31-1-5-33(6-2-31)55-35-9-11-37(49)29(25-35)27-47-13-17-51-21-23-53-19-15-48(16-20-54-24-22-52-18-14-47)28-30-26-36(10-12-38(30)50)56-34-7-3-32(4-8-34)40(44,45)46/h1-12,25-26,49-50H,13-24,27-28H2. The molecule has 1 saturated heterocycles. The van der Waals surface area contributed by atoms with Crippen molar-refractivity contribution in [2.75, 3.05) is 79.0 Å². The molecule has 0 bridgehead atoms. The highest BCUT2D eigenvalue weighted by Crippen LogP contribution is 2.34. The lowest BCUT2D eigenvalue weighted by atomic mass is 10.1. The summed E-state index contributed by atoms with van der Waals surface area (Å²) in [7, 11) is 0. The van der Waals surface area contributed by atoms with Crippen molar-refractivity contribution in [3.63, 3.8) is 0 Å². The highest BCUT2D eigenvalue weighted by Gasteiger charge is 2.31. The van der Waals surface area contributed by atoms with E-state index in [-0.39, 0.29) is 23.0 Å². The van der Waals surface area contributed by atoms with E-state index in [1.54, 1.807) is 12.1 Å². The van der Waals surface area contributed by atoms with Gasteiger partial charge in [-0.2, -0.15) is 26.3 Å². The zero-order valence-electron chi connectivity index (χ0n) is 30.5.